The molecule has 3 rings (SSSR count). The van der Waals surface area contributed by atoms with Gasteiger partial charge in [0.25, 0.3) is 0 Å². The van der Waals surface area contributed by atoms with Crippen LogP contribution in [0.15, 0.2) is 36.4 Å². The first-order chi connectivity index (χ1) is 14.2. The molecule has 162 valence electrons. The van der Waals surface area contributed by atoms with Crippen LogP contribution in [0, 0.1) is 0 Å². The number of halogens is 3. The lowest BCUT2D eigenvalue weighted by molar-refractivity contribution is -0.138. The van der Waals surface area contributed by atoms with E-state index in [0.29, 0.717) is 5.69 Å². The lowest BCUT2D eigenvalue weighted by Crippen LogP contribution is -2.24. The number of carbonyl (C=O) groups excluding carboxylic acids is 2. The van der Waals surface area contributed by atoms with Crippen molar-refractivity contribution in [3.63, 3.8) is 0 Å². The molecule has 9 heteroatoms. The van der Waals surface area contributed by atoms with Crippen molar-refractivity contribution in [2.45, 2.75) is 38.4 Å². The zero-order valence-electron chi connectivity index (χ0n) is 16.6. The first kappa shape index (κ1) is 23.1. The van der Waals surface area contributed by atoms with Crippen molar-refractivity contribution in [3.8, 4) is 5.75 Å². The van der Waals surface area contributed by atoms with E-state index < -0.39 is 17.5 Å². The number of amides is 2. The molecular weight excluding hydrogens is 399 g/mol. The first-order valence-electron chi connectivity index (χ1n) is 9.33. The van der Waals surface area contributed by atoms with E-state index in [2.05, 4.69) is 16.0 Å². The number of aromatic hydroxyl groups is 1. The topological polar surface area (TPSA) is 90.5 Å². The van der Waals surface area contributed by atoms with Crippen LogP contribution in [-0.4, -0.2) is 24.5 Å². The van der Waals surface area contributed by atoms with Gasteiger partial charge >= 0.3 is 6.18 Å². The van der Waals surface area contributed by atoms with Crippen LogP contribution in [0.3, 0.4) is 0 Å². The third-order valence-corrected chi connectivity index (χ3v) is 4.64. The summed E-state index contributed by atoms with van der Waals surface area (Å²) in [7, 11) is 1.51. The summed E-state index contributed by atoms with van der Waals surface area (Å²) in [6.45, 7) is 1.49. The molecule has 1 unspecified atom stereocenters. The average molecular weight is 423 g/mol. The fraction of sp³-hybridized carbons (Fsp3) is 0.333. The summed E-state index contributed by atoms with van der Waals surface area (Å²) >= 11 is 0. The van der Waals surface area contributed by atoms with Crippen LogP contribution in [0.4, 0.5) is 24.5 Å². The number of phenols is 1. The molecule has 0 saturated heterocycles. The van der Waals surface area contributed by atoms with Crippen LogP contribution in [-0.2, 0) is 22.2 Å². The zero-order chi connectivity index (χ0) is 22.3. The van der Waals surface area contributed by atoms with Gasteiger partial charge < -0.3 is 21.1 Å². The van der Waals surface area contributed by atoms with Gasteiger partial charge in [0, 0.05) is 25.3 Å². The van der Waals surface area contributed by atoms with Gasteiger partial charge in [-0.15, -0.1) is 0 Å². The van der Waals surface area contributed by atoms with Gasteiger partial charge in [0.2, 0.25) is 12.3 Å². The fourth-order valence-corrected chi connectivity index (χ4v) is 3.25. The minimum absolute atomic E-state index is 0.0740. The molecule has 0 saturated carbocycles. The number of hydrogen-bond acceptors (Lipinski definition) is 4. The quantitative estimate of drug-likeness (QED) is 0.438. The lowest BCUT2D eigenvalue weighted by atomic mass is 9.87. The Morgan fingerprint density at radius 2 is 1.87 bits per heavy atom. The van der Waals surface area contributed by atoms with Crippen LogP contribution < -0.4 is 16.0 Å². The Morgan fingerprint density at radius 3 is 2.47 bits per heavy atom. The van der Waals surface area contributed by atoms with E-state index in [9.17, 15) is 22.8 Å². The van der Waals surface area contributed by atoms with Gasteiger partial charge in [0.1, 0.15) is 5.75 Å². The summed E-state index contributed by atoms with van der Waals surface area (Å²) in [5.41, 5.74) is 2.44. The van der Waals surface area contributed by atoms with Gasteiger partial charge in [-0.2, -0.15) is 13.2 Å². The molecule has 0 radical (unpaired) electrons. The smallest absolute Gasteiger partial charge is 0.420 e. The number of alkyl halides is 3. The SMILES string of the molecule is CC(=O)Nc1ccc2c(c1)C(NC=O)CCC2.CNc1ccc(O)c(C(F)(F)F)c1. The summed E-state index contributed by atoms with van der Waals surface area (Å²) in [5, 5.41) is 17.1. The normalized spacial score (nSPS) is 15.2. The molecule has 2 aromatic rings. The highest BCUT2D eigenvalue weighted by Gasteiger charge is 2.33. The second-order valence-electron chi connectivity index (χ2n) is 6.80. The molecule has 2 aromatic carbocycles. The molecule has 0 aliphatic heterocycles. The Kier molecular flexibility index (Phi) is 7.68. The van der Waals surface area contributed by atoms with Crippen molar-refractivity contribution in [3.05, 3.63) is 53.1 Å². The average Bonchev–Trinajstić information content (AvgIpc) is 2.68. The Labute approximate surface area is 172 Å². The Balaban J connectivity index is 0.000000222. The number of hydrogen-bond donors (Lipinski definition) is 4. The van der Waals surface area contributed by atoms with E-state index in [1.165, 1.54) is 25.6 Å². The molecule has 0 aromatic heterocycles. The highest BCUT2D eigenvalue weighted by atomic mass is 19.4. The molecule has 2 amide bonds. The lowest BCUT2D eigenvalue weighted by Gasteiger charge is -2.25. The van der Waals surface area contributed by atoms with Crippen LogP contribution >= 0.6 is 0 Å². The predicted octanol–water partition coefficient (Wildman–Crippen LogP) is 4.22. The minimum Gasteiger partial charge on any atom is -0.507 e. The van der Waals surface area contributed by atoms with E-state index in [1.807, 2.05) is 18.2 Å². The standard InChI is InChI=1S/C13H16N2O2.C8H8F3NO/c1-9(17)15-11-6-5-10-3-2-4-13(14-8-16)12(10)7-11;1-12-5-2-3-7(13)6(4-5)8(9,10)11/h5-8,13H,2-4H2,1H3,(H,14,16)(H,15,17);2-4,12-13H,1H3. The highest BCUT2D eigenvalue weighted by Crippen LogP contribution is 2.37. The summed E-state index contributed by atoms with van der Waals surface area (Å²) in [5.74, 6) is -0.841. The molecule has 1 aliphatic rings. The maximum absolute atomic E-state index is 12.2. The number of fused-ring (bicyclic) bond motifs is 1. The molecule has 0 heterocycles. The van der Waals surface area contributed by atoms with Crippen LogP contribution in [0.5, 0.6) is 5.75 Å². The van der Waals surface area contributed by atoms with Crippen molar-refractivity contribution in [1.29, 1.82) is 0 Å². The Bertz CT molecular complexity index is 901. The fourth-order valence-electron chi connectivity index (χ4n) is 3.25. The molecule has 4 N–H and O–H groups in total. The maximum Gasteiger partial charge on any atom is 0.420 e. The Morgan fingerprint density at radius 1 is 1.17 bits per heavy atom. The molecule has 1 aliphatic carbocycles. The summed E-state index contributed by atoms with van der Waals surface area (Å²) in [6, 6.07) is 9.19. The van der Waals surface area contributed by atoms with Crippen LogP contribution in [0.25, 0.3) is 0 Å². The zero-order valence-corrected chi connectivity index (χ0v) is 16.6. The predicted molar refractivity (Wildman–Crippen MR) is 108 cm³/mol. The number of aryl methyl sites for hydroxylation is 1. The van der Waals surface area contributed by atoms with Crippen LogP contribution in [0.1, 0.15) is 42.5 Å². The molecule has 0 bridgehead atoms. The van der Waals surface area contributed by atoms with Gasteiger partial charge in [-0.1, -0.05) is 6.07 Å². The van der Waals surface area contributed by atoms with Gasteiger partial charge in [0.15, 0.2) is 0 Å². The van der Waals surface area contributed by atoms with Crippen LogP contribution in [0.2, 0.25) is 0 Å². The van der Waals surface area contributed by atoms with Gasteiger partial charge in [-0.25, -0.2) is 0 Å². The van der Waals surface area contributed by atoms with Crippen molar-refractivity contribution in [2.75, 3.05) is 17.7 Å². The Hall–Kier alpha value is -3.23. The molecule has 6 nitrogen and oxygen atoms in total. The molecule has 30 heavy (non-hydrogen) atoms. The van der Waals surface area contributed by atoms with Crippen molar-refractivity contribution < 1.29 is 27.9 Å². The van der Waals surface area contributed by atoms with Gasteiger partial charge in [-0.05, 0) is 60.7 Å². The van der Waals surface area contributed by atoms with E-state index >= 15 is 0 Å². The van der Waals surface area contributed by atoms with Gasteiger partial charge in [0.05, 0.1) is 11.6 Å². The largest absolute Gasteiger partial charge is 0.507 e. The minimum atomic E-state index is -4.52. The number of anilines is 2. The van der Waals surface area contributed by atoms with E-state index in [1.54, 1.807) is 0 Å². The maximum atomic E-state index is 12.2. The van der Waals surface area contributed by atoms with E-state index in [-0.39, 0.29) is 11.9 Å². The molecule has 0 fully saturated rings. The first-order valence-corrected chi connectivity index (χ1v) is 9.33. The summed E-state index contributed by atoms with van der Waals surface area (Å²) in [6.07, 6.45) is -0.707. The second-order valence-corrected chi connectivity index (χ2v) is 6.80. The number of nitrogens with one attached hydrogen (secondary N) is 3. The van der Waals surface area contributed by atoms with E-state index in [0.717, 1.165) is 49.1 Å². The molecule has 0 spiro atoms. The summed E-state index contributed by atoms with van der Waals surface area (Å²) < 4.78 is 36.5. The van der Waals surface area contributed by atoms with E-state index in [4.69, 9.17) is 5.11 Å². The third kappa shape index (κ3) is 6.13. The van der Waals surface area contributed by atoms with Crippen molar-refractivity contribution >= 4 is 23.7 Å². The van der Waals surface area contributed by atoms with Crippen molar-refractivity contribution in [2.24, 2.45) is 0 Å². The number of benzene rings is 2. The third-order valence-electron chi connectivity index (χ3n) is 4.64. The number of rotatable bonds is 4. The molecular formula is C21H24F3N3O3. The monoisotopic (exact) mass is 423 g/mol. The molecule has 1 atom stereocenters. The summed E-state index contributed by atoms with van der Waals surface area (Å²) in [4.78, 5) is 21.6. The number of carbonyl (C=O) groups is 2. The van der Waals surface area contributed by atoms with Crippen molar-refractivity contribution in [1.82, 2.24) is 5.32 Å². The number of phenolic OH excluding ortho intramolecular Hbond substituents is 1. The second kappa shape index (κ2) is 10.00. The van der Waals surface area contributed by atoms with Gasteiger partial charge in [-0.3, -0.25) is 9.59 Å². The highest BCUT2D eigenvalue weighted by molar-refractivity contribution is 5.88.